The second-order valence-electron chi connectivity index (χ2n) is 7.88. The summed E-state index contributed by atoms with van der Waals surface area (Å²) in [4.78, 5) is 4.38. The van der Waals surface area contributed by atoms with Crippen LogP contribution in [0.15, 0.2) is 52.9 Å². The first-order chi connectivity index (χ1) is 14.0. The molecule has 0 amide bonds. The number of benzene rings is 2. The van der Waals surface area contributed by atoms with E-state index < -0.39 is 11.6 Å². The third kappa shape index (κ3) is 4.52. The second-order valence-corrected chi connectivity index (χ2v) is 7.88. The van der Waals surface area contributed by atoms with Crippen LogP contribution in [0.2, 0.25) is 0 Å². The standard InChI is InChI=1S/C22H24F2N4O/c1-27(2)12-17-13-28(11-15-8-9-19(23)20(24)10-15)14-18(17)22-26-25-21(29-22)16-6-4-3-5-7-16/h3-10,17-18H,11-14H2,1-2H3/t17-,18-/m0/s1. The van der Waals surface area contributed by atoms with Crippen LogP contribution in [0.1, 0.15) is 17.4 Å². The first kappa shape index (κ1) is 19.7. The maximum absolute atomic E-state index is 13.6. The van der Waals surface area contributed by atoms with E-state index in [1.165, 1.54) is 12.1 Å². The second kappa shape index (κ2) is 8.39. The van der Waals surface area contributed by atoms with E-state index in [1.807, 2.05) is 44.4 Å². The van der Waals surface area contributed by atoms with E-state index in [2.05, 4.69) is 20.0 Å². The maximum atomic E-state index is 13.6. The van der Waals surface area contributed by atoms with Gasteiger partial charge in [0.2, 0.25) is 11.8 Å². The molecule has 3 aromatic rings. The summed E-state index contributed by atoms with van der Waals surface area (Å²) < 4.78 is 32.8. The highest BCUT2D eigenvalue weighted by molar-refractivity contribution is 5.51. The summed E-state index contributed by atoms with van der Waals surface area (Å²) in [6.07, 6.45) is 0. The van der Waals surface area contributed by atoms with Crippen molar-refractivity contribution >= 4 is 0 Å². The van der Waals surface area contributed by atoms with Gasteiger partial charge in [0.05, 0.1) is 5.92 Å². The highest BCUT2D eigenvalue weighted by Crippen LogP contribution is 2.34. The molecule has 4 rings (SSSR count). The molecule has 1 aliphatic heterocycles. The van der Waals surface area contributed by atoms with Crippen molar-refractivity contribution in [3.05, 3.63) is 71.6 Å². The molecule has 0 saturated carbocycles. The summed E-state index contributed by atoms with van der Waals surface area (Å²) in [5, 5.41) is 8.56. The Bertz CT molecular complexity index is 960. The van der Waals surface area contributed by atoms with Crippen LogP contribution in [0.4, 0.5) is 8.78 Å². The van der Waals surface area contributed by atoms with Gasteiger partial charge in [0.15, 0.2) is 11.6 Å². The molecule has 0 spiro atoms. The van der Waals surface area contributed by atoms with Crippen LogP contribution < -0.4 is 0 Å². The third-order valence-corrected chi connectivity index (χ3v) is 5.29. The van der Waals surface area contributed by atoms with Crippen LogP contribution in [0.3, 0.4) is 0 Å². The van der Waals surface area contributed by atoms with Gasteiger partial charge in [-0.05, 0) is 49.8 Å². The van der Waals surface area contributed by atoms with Crippen LogP contribution >= 0.6 is 0 Å². The van der Waals surface area contributed by atoms with Crippen molar-refractivity contribution in [2.45, 2.75) is 12.5 Å². The number of rotatable bonds is 6. The molecule has 29 heavy (non-hydrogen) atoms. The number of hydrogen-bond donors (Lipinski definition) is 0. The molecule has 0 N–H and O–H groups in total. The van der Waals surface area contributed by atoms with Crippen LogP contribution in [-0.4, -0.2) is 53.7 Å². The van der Waals surface area contributed by atoms with Gasteiger partial charge in [0.1, 0.15) is 0 Å². The van der Waals surface area contributed by atoms with E-state index in [9.17, 15) is 8.78 Å². The molecule has 0 bridgehead atoms. The summed E-state index contributed by atoms with van der Waals surface area (Å²) in [5.41, 5.74) is 1.65. The predicted molar refractivity (Wildman–Crippen MR) is 106 cm³/mol. The van der Waals surface area contributed by atoms with Gasteiger partial charge in [-0.2, -0.15) is 0 Å². The Morgan fingerprint density at radius 1 is 1.03 bits per heavy atom. The fourth-order valence-electron chi connectivity index (χ4n) is 4.00. The lowest BCUT2D eigenvalue weighted by Gasteiger charge is -2.20. The van der Waals surface area contributed by atoms with Gasteiger partial charge < -0.3 is 9.32 Å². The van der Waals surface area contributed by atoms with Crippen molar-refractivity contribution in [2.75, 3.05) is 33.7 Å². The summed E-state index contributed by atoms with van der Waals surface area (Å²) in [6.45, 7) is 2.98. The molecule has 2 aromatic carbocycles. The summed E-state index contributed by atoms with van der Waals surface area (Å²) >= 11 is 0. The van der Waals surface area contributed by atoms with Gasteiger partial charge in [0.25, 0.3) is 0 Å². The molecule has 152 valence electrons. The van der Waals surface area contributed by atoms with Gasteiger partial charge in [-0.1, -0.05) is 24.3 Å². The molecule has 0 aliphatic carbocycles. The van der Waals surface area contributed by atoms with Gasteiger partial charge >= 0.3 is 0 Å². The van der Waals surface area contributed by atoms with Gasteiger partial charge in [-0.15, -0.1) is 10.2 Å². The monoisotopic (exact) mass is 398 g/mol. The van der Waals surface area contributed by atoms with E-state index >= 15 is 0 Å². The van der Waals surface area contributed by atoms with Gasteiger partial charge in [-0.3, -0.25) is 4.90 Å². The van der Waals surface area contributed by atoms with E-state index in [0.717, 1.165) is 30.8 Å². The predicted octanol–water partition coefficient (Wildman–Crippen LogP) is 3.79. The van der Waals surface area contributed by atoms with E-state index in [4.69, 9.17) is 4.42 Å². The Kier molecular flexibility index (Phi) is 5.69. The lowest BCUT2D eigenvalue weighted by atomic mass is 9.95. The zero-order valence-electron chi connectivity index (χ0n) is 16.6. The molecule has 5 nitrogen and oxygen atoms in total. The molecule has 2 heterocycles. The van der Waals surface area contributed by atoms with Crippen molar-refractivity contribution < 1.29 is 13.2 Å². The van der Waals surface area contributed by atoms with Crippen LogP contribution in [0.25, 0.3) is 11.5 Å². The molecular weight excluding hydrogens is 374 g/mol. The minimum Gasteiger partial charge on any atom is -0.420 e. The SMILES string of the molecule is CN(C)C[C@H]1CN(Cc2ccc(F)c(F)c2)C[C@@H]1c1nnc(-c2ccccc2)o1. The molecule has 7 heteroatoms. The van der Waals surface area contributed by atoms with Gasteiger partial charge in [0, 0.05) is 31.7 Å². The summed E-state index contributed by atoms with van der Waals surface area (Å²) in [5.74, 6) is -0.0934. The van der Waals surface area contributed by atoms with Crippen LogP contribution in [-0.2, 0) is 6.54 Å². The zero-order valence-corrected chi connectivity index (χ0v) is 16.6. The molecule has 0 radical (unpaired) electrons. The number of nitrogens with zero attached hydrogens (tertiary/aromatic N) is 4. The smallest absolute Gasteiger partial charge is 0.247 e. The number of aromatic nitrogens is 2. The first-order valence-corrected chi connectivity index (χ1v) is 9.69. The summed E-state index contributed by atoms with van der Waals surface area (Å²) in [6, 6.07) is 13.8. The van der Waals surface area contributed by atoms with Crippen molar-refractivity contribution in [1.29, 1.82) is 0 Å². The maximum Gasteiger partial charge on any atom is 0.247 e. The highest BCUT2D eigenvalue weighted by atomic mass is 19.2. The van der Waals surface area contributed by atoms with E-state index in [1.54, 1.807) is 6.07 Å². The molecule has 1 aliphatic rings. The minimum atomic E-state index is -0.821. The van der Waals surface area contributed by atoms with Gasteiger partial charge in [-0.25, -0.2) is 8.78 Å². The van der Waals surface area contributed by atoms with E-state index in [0.29, 0.717) is 24.2 Å². The number of halogens is 2. The Labute approximate surface area is 169 Å². The lowest BCUT2D eigenvalue weighted by Crippen LogP contribution is -2.27. The van der Waals surface area contributed by atoms with Crippen LogP contribution in [0.5, 0.6) is 0 Å². The topological polar surface area (TPSA) is 45.4 Å². The average molecular weight is 398 g/mol. The molecule has 1 fully saturated rings. The van der Waals surface area contributed by atoms with Crippen LogP contribution in [0, 0.1) is 17.6 Å². The molecule has 1 saturated heterocycles. The Morgan fingerprint density at radius 3 is 2.55 bits per heavy atom. The Balaban J connectivity index is 1.53. The van der Waals surface area contributed by atoms with E-state index in [-0.39, 0.29) is 5.92 Å². The first-order valence-electron chi connectivity index (χ1n) is 9.69. The molecule has 1 aromatic heterocycles. The zero-order chi connectivity index (χ0) is 20.4. The Hall–Kier alpha value is -2.64. The normalized spacial score (nSPS) is 19.9. The third-order valence-electron chi connectivity index (χ3n) is 5.29. The fraction of sp³-hybridized carbons (Fsp3) is 0.364. The molecule has 2 atom stereocenters. The Morgan fingerprint density at radius 2 is 1.83 bits per heavy atom. The van der Waals surface area contributed by atoms with Crippen molar-refractivity contribution in [3.63, 3.8) is 0 Å². The van der Waals surface area contributed by atoms with Crippen molar-refractivity contribution in [2.24, 2.45) is 5.92 Å². The minimum absolute atomic E-state index is 0.0904. The quantitative estimate of drug-likeness (QED) is 0.632. The number of likely N-dealkylation sites (tertiary alicyclic amines) is 1. The average Bonchev–Trinajstić information content (AvgIpc) is 3.32. The highest BCUT2D eigenvalue weighted by Gasteiger charge is 2.37. The number of hydrogen-bond acceptors (Lipinski definition) is 5. The fourth-order valence-corrected chi connectivity index (χ4v) is 4.00. The largest absolute Gasteiger partial charge is 0.420 e. The molecular formula is C22H24F2N4O. The van der Waals surface area contributed by atoms with Crippen molar-refractivity contribution in [1.82, 2.24) is 20.0 Å². The molecule has 0 unspecified atom stereocenters. The lowest BCUT2D eigenvalue weighted by molar-refractivity contribution is 0.281. The summed E-state index contributed by atoms with van der Waals surface area (Å²) in [7, 11) is 4.08. The van der Waals surface area contributed by atoms with Crippen molar-refractivity contribution in [3.8, 4) is 11.5 Å².